The summed E-state index contributed by atoms with van der Waals surface area (Å²) in [6, 6.07) is 7.82. The van der Waals surface area contributed by atoms with Crippen molar-refractivity contribution in [1.82, 2.24) is 9.95 Å². The number of allylic oxidation sites excluding steroid dienone is 1. The van der Waals surface area contributed by atoms with Crippen LogP contribution < -0.4 is 11.3 Å². The molecule has 0 atom stereocenters. The van der Waals surface area contributed by atoms with Crippen molar-refractivity contribution in [2.45, 2.75) is 6.42 Å². The van der Waals surface area contributed by atoms with Gasteiger partial charge in [-0.3, -0.25) is 0 Å². The van der Waals surface area contributed by atoms with Gasteiger partial charge in [0.1, 0.15) is 0 Å². The molecule has 0 unspecified atom stereocenters. The van der Waals surface area contributed by atoms with Gasteiger partial charge in [-0.15, -0.1) is 0 Å². The summed E-state index contributed by atoms with van der Waals surface area (Å²) in [5.41, 5.74) is 3.99. The fourth-order valence-electron chi connectivity index (χ4n) is 1.23. The Hall–Kier alpha value is -0.680. The van der Waals surface area contributed by atoms with Crippen LogP contribution in [0.4, 0.5) is 0 Å². The van der Waals surface area contributed by atoms with Crippen LogP contribution in [0.2, 0.25) is 5.02 Å². The summed E-state index contributed by atoms with van der Waals surface area (Å²) in [5.74, 6) is 5.52. The van der Waals surface area contributed by atoms with E-state index in [1.54, 1.807) is 0 Å². The number of nitrogens with zero attached hydrogens (tertiary/aromatic N) is 1. The molecule has 0 radical (unpaired) electrons. The first kappa shape index (κ1) is 9.86. The zero-order valence-corrected chi connectivity index (χ0v) is 8.98. The lowest BCUT2D eigenvalue weighted by Gasteiger charge is -2.06. The van der Waals surface area contributed by atoms with E-state index in [0.717, 1.165) is 21.9 Å². The summed E-state index contributed by atoms with van der Waals surface area (Å²) < 4.78 is 1.46. The van der Waals surface area contributed by atoms with Crippen molar-refractivity contribution in [2.75, 3.05) is 0 Å². The largest absolute Gasteiger partial charge is 0.302 e. The van der Waals surface area contributed by atoms with Gasteiger partial charge in [-0.05, 0) is 23.6 Å². The minimum Gasteiger partial charge on any atom is -0.302 e. The molecule has 0 amide bonds. The summed E-state index contributed by atoms with van der Waals surface area (Å²) >= 11 is 7.51. The van der Waals surface area contributed by atoms with Gasteiger partial charge in [0.05, 0.1) is 0 Å². The molecule has 1 aromatic rings. The lowest BCUT2D eigenvalue weighted by molar-refractivity contribution is 0.440. The van der Waals surface area contributed by atoms with Crippen LogP contribution in [0.1, 0.15) is 5.56 Å². The van der Waals surface area contributed by atoms with Crippen LogP contribution in [0.5, 0.6) is 0 Å². The Balaban J connectivity index is 2.08. The Morgan fingerprint density at radius 2 is 2.21 bits per heavy atom. The Bertz CT molecular complexity index is 367. The summed E-state index contributed by atoms with van der Waals surface area (Å²) in [4.78, 5) is 1.15. The monoisotopic (exact) mass is 227 g/mol. The third-order valence-corrected chi connectivity index (χ3v) is 3.06. The van der Waals surface area contributed by atoms with Crippen molar-refractivity contribution in [1.29, 1.82) is 0 Å². The number of hydrogen-bond donors (Lipinski definition) is 2. The van der Waals surface area contributed by atoms with Crippen molar-refractivity contribution >= 4 is 23.5 Å². The number of rotatable bonds is 2. The van der Waals surface area contributed by atoms with Crippen LogP contribution >= 0.6 is 23.5 Å². The average Bonchev–Trinajstić information content (AvgIpc) is 2.56. The van der Waals surface area contributed by atoms with Gasteiger partial charge in [-0.2, -0.15) is 0 Å². The van der Waals surface area contributed by atoms with E-state index >= 15 is 0 Å². The van der Waals surface area contributed by atoms with E-state index in [2.05, 4.69) is 5.43 Å². The minimum atomic E-state index is 0.796. The van der Waals surface area contributed by atoms with Gasteiger partial charge < -0.3 is 5.43 Å². The molecule has 0 spiro atoms. The maximum absolute atomic E-state index is 6.04. The van der Waals surface area contributed by atoms with E-state index < -0.39 is 0 Å². The lowest BCUT2D eigenvalue weighted by Crippen LogP contribution is -2.30. The summed E-state index contributed by atoms with van der Waals surface area (Å²) in [6.45, 7) is 0. The highest BCUT2D eigenvalue weighted by Gasteiger charge is 2.12. The third kappa shape index (κ3) is 2.22. The molecule has 3 nitrogen and oxygen atoms in total. The molecule has 14 heavy (non-hydrogen) atoms. The second-order valence-electron chi connectivity index (χ2n) is 2.93. The third-order valence-electron chi connectivity index (χ3n) is 1.89. The maximum Gasteiger partial charge on any atom is 0.0441 e. The first-order valence-corrected chi connectivity index (χ1v) is 5.32. The van der Waals surface area contributed by atoms with Crippen molar-refractivity contribution < 1.29 is 0 Å². The molecule has 74 valence electrons. The highest BCUT2D eigenvalue weighted by Crippen LogP contribution is 2.27. The Labute approximate surface area is 92.0 Å². The smallest absolute Gasteiger partial charge is 0.0441 e. The zero-order valence-electron chi connectivity index (χ0n) is 7.40. The van der Waals surface area contributed by atoms with E-state index in [4.69, 9.17) is 17.4 Å². The quantitative estimate of drug-likeness (QED) is 0.600. The fraction of sp³-hybridized carbons (Fsp3) is 0.111. The molecule has 5 heteroatoms. The topological polar surface area (TPSA) is 41.3 Å². The normalized spacial score (nSPS) is 16.6. The maximum atomic E-state index is 6.04. The van der Waals surface area contributed by atoms with Crippen LogP contribution in [-0.4, -0.2) is 4.52 Å². The van der Waals surface area contributed by atoms with Crippen LogP contribution in [0, 0.1) is 0 Å². The molecule has 3 N–H and O–H groups in total. The van der Waals surface area contributed by atoms with Crippen molar-refractivity contribution in [3.8, 4) is 0 Å². The minimum absolute atomic E-state index is 0.796. The standard InChI is InChI=1S/C9H10ClN3S/c10-9-4-2-1-3-7(9)5-8-6-12-13(11)14-8/h1-4,6,12H,5,11H2. The van der Waals surface area contributed by atoms with Gasteiger partial charge >= 0.3 is 0 Å². The molecule has 0 aromatic heterocycles. The second-order valence-corrected chi connectivity index (χ2v) is 4.43. The number of nitrogens with two attached hydrogens (primary N) is 1. The van der Waals surface area contributed by atoms with Crippen molar-refractivity contribution in [3.63, 3.8) is 0 Å². The number of hydrazine groups is 2. The number of halogens is 1. The van der Waals surface area contributed by atoms with Crippen LogP contribution in [-0.2, 0) is 6.42 Å². The van der Waals surface area contributed by atoms with Gasteiger partial charge in [0, 0.05) is 22.5 Å². The van der Waals surface area contributed by atoms with Gasteiger partial charge in [-0.1, -0.05) is 34.3 Å². The molecule has 0 aliphatic carbocycles. The van der Waals surface area contributed by atoms with Crippen molar-refractivity contribution in [3.05, 3.63) is 46.0 Å². The molecule has 1 heterocycles. The van der Waals surface area contributed by atoms with Crippen LogP contribution in [0.25, 0.3) is 0 Å². The van der Waals surface area contributed by atoms with Crippen LogP contribution in [0.15, 0.2) is 35.4 Å². The molecule has 1 aliphatic heterocycles. The number of hydrogen-bond acceptors (Lipinski definition) is 4. The molecule has 2 rings (SSSR count). The van der Waals surface area contributed by atoms with E-state index in [1.807, 2.05) is 30.5 Å². The number of nitrogens with one attached hydrogen (secondary N) is 1. The van der Waals surface area contributed by atoms with Gasteiger partial charge in [0.15, 0.2) is 0 Å². The first-order chi connectivity index (χ1) is 6.75. The summed E-state index contributed by atoms with van der Waals surface area (Å²) in [5, 5.41) is 0.796. The van der Waals surface area contributed by atoms with E-state index in [1.165, 1.54) is 16.5 Å². The lowest BCUT2D eigenvalue weighted by atomic mass is 10.1. The summed E-state index contributed by atoms with van der Waals surface area (Å²) in [6.07, 6.45) is 2.69. The second kappa shape index (κ2) is 4.23. The molecule has 1 aliphatic rings. The first-order valence-electron chi connectivity index (χ1n) is 4.17. The highest BCUT2D eigenvalue weighted by atomic mass is 35.5. The molecule has 0 bridgehead atoms. The van der Waals surface area contributed by atoms with Crippen LogP contribution in [0.3, 0.4) is 0 Å². The van der Waals surface area contributed by atoms with E-state index in [-0.39, 0.29) is 0 Å². The fourth-order valence-corrected chi connectivity index (χ4v) is 2.11. The molecule has 0 fully saturated rings. The number of benzene rings is 1. The average molecular weight is 228 g/mol. The SMILES string of the molecule is NN1NC=C(Cc2ccccc2Cl)S1. The van der Waals surface area contributed by atoms with Gasteiger partial charge in [0.25, 0.3) is 0 Å². The molecule has 0 saturated heterocycles. The predicted molar refractivity (Wildman–Crippen MR) is 60.0 cm³/mol. The highest BCUT2D eigenvalue weighted by molar-refractivity contribution is 8.00. The Morgan fingerprint density at radius 1 is 1.43 bits per heavy atom. The predicted octanol–water partition coefficient (Wildman–Crippen LogP) is 2.07. The van der Waals surface area contributed by atoms with Crippen molar-refractivity contribution in [2.24, 2.45) is 5.84 Å². The molecular formula is C9H10ClN3S. The van der Waals surface area contributed by atoms with E-state index in [0.29, 0.717) is 0 Å². The molecular weight excluding hydrogens is 218 g/mol. The zero-order chi connectivity index (χ0) is 9.97. The molecule has 0 saturated carbocycles. The molecule has 1 aromatic carbocycles. The van der Waals surface area contributed by atoms with Gasteiger partial charge in [0.2, 0.25) is 0 Å². The summed E-state index contributed by atoms with van der Waals surface area (Å²) in [7, 11) is 0. The van der Waals surface area contributed by atoms with Gasteiger partial charge in [-0.25, -0.2) is 5.84 Å². The van der Waals surface area contributed by atoms with E-state index in [9.17, 15) is 0 Å². The Kier molecular flexibility index (Phi) is 2.98. The Morgan fingerprint density at radius 3 is 2.86 bits per heavy atom.